The first-order valence-corrected chi connectivity index (χ1v) is 8.20. The fraction of sp³-hybridized carbons (Fsp3) is 0.188. The molecular formula is C16H16ClN3O4S. The molecule has 25 heavy (non-hydrogen) atoms. The van der Waals surface area contributed by atoms with E-state index in [0.29, 0.717) is 41.3 Å². The van der Waals surface area contributed by atoms with Gasteiger partial charge in [0.2, 0.25) is 0 Å². The number of rotatable bonds is 4. The molecule has 2 aromatic carbocycles. The minimum Gasteiger partial charge on any atom is -0.486 e. The van der Waals surface area contributed by atoms with E-state index in [4.69, 9.17) is 15.2 Å². The summed E-state index contributed by atoms with van der Waals surface area (Å²) >= 11 is 1.36. The number of hydrogen-bond donors (Lipinski definition) is 1. The van der Waals surface area contributed by atoms with Crippen LogP contribution in [0.25, 0.3) is 0 Å². The summed E-state index contributed by atoms with van der Waals surface area (Å²) in [6, 6.07) is 11.8. The van der Waals surface area contributed by atoms with Gasteiger partial charge in [-0.15, -0.1) is 12.4 Å². The number of non-ortho nitro benzene ring substituents is 1. The lowest BCUT2D eigenvalue weighted by Gasteiger charge is -2.18. The minimum absolute atomic E-state index is 0. The van der Waals surface area contributed by atoms with Crippen molar-refractivity contribution in [2.24, 2.45) is 10.7 Å². The Morgan fingerprint density at radius 3 is 2.52 bits per heavy atom. The van der Waals surface area contributed by atoms with Gasteiger partial charge in [-0.2, -0.15) is 0 Å². The first-order valence-electron chi connectivity index (χ1n) is 7.22. The second-order valence-electron chi connectivity index (χ2n) is 4.99. The summed E-state index contributed by atoms with van der Waals surface area (Å²) in [6.07, 6.45) is 0. The maximum Gasteiger partial charge on any atom is 0.269 e. The third-order valence-corrected chi connectivity index (χ3v) is 4.16. The first-order chi connectivity index (χ1) is 11.6. The molecule has 0 aromatic heterocycles. The zero-order valence-electron chi connectivity index (χ0n) is 13.1. The molecule has 0 fully saturated rings. The van der Waals surface area contributed by atoms with Gasteiger partial charge < -0.3 is 15.2 Å². The number of ether oxygens (including phenoxy) is 2. The number of amidine groups is 1. The number of nitro groups is 1. The van der Waals surface area contributed by atoms with Crippen molar-refractivity contribution < 1.29 is 14.4 Å². The summed E-state index contributed by atoms with van der Waals surface area (Å²) in [4.78, 5) is 14.5. The summed E-state index contributed by atoms with van der Waals surface area (Å²) in [7, 11) is 0. The van der Waals surface area contributed by atoms with Crippen molar-refractivity contribution in [2.45, 2.75) is 5.75 Å². The number of benzene rings is 2. The Kier molecular flexibility index (Phi) is 6.49. The number of fused-ring (bicyclic) bond motifs is 1. The number of nitrogens with two attached hydrogens (primary N) is 1. The van der Waals surface area contributed by atoms with Crippen molar-refractivity contribution in [1.82, 2.24) is 0 Å². The van der Waals surface area contributed by atoms with Crippen LogP contribution >= 0.6 is 24.2 Å². The first kappa shape index (κ1) is 18.9. The molecule has 0 spiro atoms. The maximum absolute atomic E-state index is 10.6. The average Bonchev–Trinajstić information content (AvgIpc) is 2.60. The van der Waals surface area contributed by atoms with Gasteiger partial charge in [0.25, 0.3) is 5.69 Å². The van der Waals surface area contributed by atoms with Gasteiger partial charge in [-0.25, -0.2) is 4.99 Å². The largest absolute Gasteiger partial charge is 0.486 e. The van der Waals surface area contributed by atoms with Gasteiger partial charge in [-0.05, 0) is 17.7 Å². The van der Waals surface area contributed by atoms with Crippen molar-refractivity contribution in [1.29, 1.82) is 0 Å². The summed E-state index contributed by atoms with van der Waals surface area (Å²) in [5, 5.41) is 11.0. The van der Waals surface area contributed by atoms with Crippen molar-refractivity contribution in [3.05, 3.63) is 58.1 Å². The predicted molar refractivity (Wildman–Crippen MR) is 100 cm³/mol. The van der Waals surface area contributed by atoms with Crippen LogP contribution in [0.2, 0.25) is 0 Å². The zero-order valence-corrected chi connectivity index (χ0v) is 14.7. The zero-order chi connectivity index (χ0) is 16.9. The third-order valence-electron chi connectivity index (χ3n) is 3.30. The summed E-state index contributed by atoms with van der Waals surface area (Å²) in [6.45, 7) is 1.06. The summed E-state index contributed by atoms with van der Waals surface area (Å²) < 4.78 is 11.0. The highest BCUT2D eigenvalue weighted by Crippen LogP contribution is 2.34. The normalized spacial score (nSPS) is 13.0. The monoisotopic (exact) mass is 381 g/mol. The van der Waals surface area contributed by atoms with E-state index in [2.05, 4.69) is 4.99 Å². The Balaban J connectivity index is 0.00000225. The standard InChI is InChI=1S/C16H15N3O4S.ClH/c17-16(24-10-11-1-4-13(5-2-11)19(20)21)18-12-3-6-14-15(9-12)23-8-7-22-14;/h1-6,9H,7-8,10H2,(H2,17,18);1H. The fourth-order valence-corrected chi connectivity index (χ4v) is 2.81. The molecule has 0 radical (unpaired) electrons. The molecule has 0 atom stereocenters. The van der Waals surface area contributed by atoms with Crippen LogP contribution in [0.1, 0.15) is 5.56 Å². The van der Waals surface area contributed by atoms with E-state index in [1.807, 2.05) is 12.1 Å². The molecule has 1 aliphatic heterocycles. The van der Waals surface area contributed by atoms with Crippen LogP contribution in [0.3, 0.4) is 0 Å². The predicted octanol–water partition coefficient (Wildman–Crippen LogP) is 3.67. The Morgan fingerprint density at radius 1 is 1.16 bits per heavy atom. The molecule has 0 aliphatic carbocycles. The van der Waals surface area contributed by atoms with Crippen LogP contribution in [0.5, 0.6) is 11.5 Å². The van der Waals surface area contributed by atoms with Gasteiger partial charge in [0.05, 0.1) is 10.6 Å². The third kappa shape index (κ3) is 5.01. The summed E-state index contributed by atoms with van der Waals surface area (Å²) in [5.41, 5.74) is 7.64. The minimum atomic E-state index is -0.422. The van der Waals surface area contributed by atoms with Crippen LogP contribution in [0, 0.1) is 10.1 Å². The molecule has 0 bridgehead atoms. The number of hydrogen-bond acceptors (Lipinski definition) is 6. The topological polar surface area (TPSA) is 100.0 Å². The smallest absolute Gasteiger partial charge is 0.269 e. The van der Waals surface area contributed by atoms with Crippen molar-refractivity contribution in [3.63, 3.8) is 0 Å². The Labute approximate surface area is 154 Å². The quantitative estimate of drug-likeness (QED) is 0.375. The van der Waals surface area contributed by atoms with E-state index >= 15 is 0 Å². The molecule has 2 aromatic rings. The SMILES string of the molecule is Cl.NC(=Nc1ccc2c(c1)OCCO2)SCc1ccc([N+](=O)[O-])cc1. The van der Waals surface area contributed by atoms with Crippen LogP contribution in [-0.2, 0) is 5.75 Å². The molecule has 0 unspecified atom stereocenters. The molecule has 1 aliphatic rings. The van der Waals surface area contributed by atoms with Gasteiger partial charge in [0.1, 0.15) is 13.2 Å². The highest BCUT2D eigenvalue weighted by atomic mass is 35.5. The Hall–Kier alpha value is -2.45. The summed E-state index contributed by atoms with van der Waals surface area (Å²) in [5.74, 6) is 1.95. The molecular weight excluding hydrogens is 366 g/mol. The molecule has 9 heteroatoms. The van der Waals surface area contributed by atoms with Gasteiger partial charge in [0, 0.05) is 24.0 Å². The van der Waals surface area contributed by atoms with Crippen LogP contribution < -0.4 is 15.2 Å². The fourth-order valence-electron chi connectivity index (χ4n) is 2.13. The Bertz CT molecular complexity index is 783. The van der Waals surface area contributed by atoms with Crippen molar-refractivity contribution >= 4 is 40.7 Å². The Morgan fingerprint density at radius 2 is 1.84 bits per heavy atom. The molecule has 0 amide bonds. The molecule has 2 N–H and O–H groups in total. The van der Waals surface area contributed by atoms with E-state index in [1.54, 1.807) is 18.2 Å². The van der Waals surface area contributed by atoms with Crippen LogP contribution in [0.4, 0.5) is 11.4 Å². The molecule has 132 valence electrons. The van der Waals surface area contributed by atoms with E-state index in [-0.39, 0.29) is 18.1 Å². The second kappa shape index (κ2) is 8.59. The lowest BCUT2D eigenvalue weighted by atomic mass is 10.2. The molecule has 0 saturated heterocycles. The van der Waals surface area contributed by atoms with Gasteiger partial charge in [-0.1, -0.05) is 23.9 Å². The van der Waals surface area contributed by atoms with Crippen molar-refractivity contribution in [3.8, 4) is 11.5 Å². The molecule has 3 rings (SSSR count). The molecule has 1 heterocycles. The second-order valence-corrected chi connectivity index (χ2v) is 5.99. The lowest BCUT2D eigenvalue weighted by molar-refractivity contribution is -0.384. The number of nitro benzene ring substituents is 1. The number of thioether (sulfide) groups is 1. The van der Waals surface area contributed by atoms with Crippen LogP contribution in [0.15, 0.2) is 47.5 Å². The van der Waals surface area contributed by atoms with Gasteiger partial charge in [0.15, 0.2) is 16.7 Å². The van der Waals surface area contributed by atoms with Crippen LogP contribution in [-0.4, -0.2) is 23.3 Å². The molecule has 0 saturated carbocycles. The number of nitrogens with zero attached hydrogens (tertiary/aromatic N) is 2. The van der Waals surface area contributed by atoms with Crippen molar-refractivity contribution in [2.75, 3.05) is 13.2 Å². The van der Waals surface area contributed by atoms with E-state index in [9.17, 15) is 10.1 Å². The average molecular weight is 382 g/mol. The van der Waals surface area contributed by atoms with E-state index in [1.165, 1.54) is 23.9 Å². The van der Waals surface area contributed by atoms with Gasteiger partial charge in [-0.3, -0.25) is 10.1 Å². The molecule has 7 nitrogen and oxygen atoms in total. The van der Waals surface area contributed by atoms with E-state index < -0.39 is 4.92 Å². The number of halogens is 1. The lowest BCUT2D eigenvalue weighted by Crippen LogP contribution is -2.15. The van der Waals surface area contributed by atoms with Gasteiger partial charge >= 0.3 is 0 Å². The maximum atomic E-state index is 10.6. The highest BCUT2D eigenvalue weighted by molar-refractivity contribution is 8.13. The highest BCUT2D eigenvalue weighted by Gasteiger charge is 2.11. The van der Waals surface area contributed by atoms with E-state index in [0.717, 1.165) is 5.56 Å². The number of aliphatic imine (C=N–C) groups is 1.